The smallest absolute Gasteiger partial charge is 0.244 e. The Morgan fingerprint density at radius 1 is 1.91 bits per heavy atom. The lowest BCUT2D eigenvalue weighted by molar-refractivity contribution is -0.118. The minimum Gasteiger partial charge on any atom is -0.294 e. The number of hydrazine groups is 1. The SMILES string of the molecule is NNC(=O)CSc1nccs1. The van der Waals surface area contributed by atoms with E-state index in [0.717, 1.165) is 4.34 Å². The van der Waals surface area contributed by atoms with Gasteiger partial charge in [0.25, 0.3) is 0 Å². The number of hydrogen-bond acceptors (Lipinski definition) is 5. The number of thioether (sulfide) groups is 1. The highest BCUT2D eigenvalue weighted by Crippen LogP contribution is 2.19. The van der Waals surface area contributed by atoms with E-state index in [1.807, 2.05) is 10.8 Å². The van der Waals surface area contributed by atoms with Crippen molar-refractivity contribution in [3.8, 4) is 0 Å². The number of thiazole rings is 1. The Bertz CT molecular complexity index is 224. The summed E-state index contributed by atoms with van der Waals surface area (Å²) in [6.45, 7) is 0. The van der Waals surface area contributed by atoms with Gasteiger partial charge in [-0.2, -0.15) is 0 Å². The Morgan fingerprint density at radius 3 is 3.27 bits per heavy atom. The molecule has 1 heterocycles. The third-order valence-electron chi connectivity index (χ3n) is 0.897. The quantitative estimate of drug-likeness (QED) is 0.309. The van der Waals surface area contributed by atoms with Gasteiger partial charge in [0.1, 0.15) is 4.34 Å². The van der Waals surface area contributed by atoms with Crippen molar-refractivity contribution in [2.24, 2.45) is 5.84 Å². The van der Waals surface area contributed by atoms with E-state index in [0.29, 0.717) is 5.75 Å². The molecule has 1 aromatic heterocycles. The van der Waals surface area contributed by atoms with Crippen molar-refractivity contribution < 1.29 is 4.79 Å². The largest absolute Gasteiger partial charge is 0.294 e. The topological polar surface area (TPSA) is 68.0 Å². The predicted octanol–water partition coefficient (Wildman–Crippen LogP) is 0.225. The van der Waals surface area contributed by atoms with Crippen molar-refractivity contribution in [1.82, 2.24) is 10.4 Å². The molecule has 0 saturated carbocycles. The molecule has 0 aliphatic rings. The normalized spacial score (nSPS) is 9.55. The molecule has 0 aliphatic carbocycles. The van der Waals surface area contributed by atoms with Crippen LogP contribution in [0.5, 0.6) is 0 Å². The Hall–Kier alpha value is -0.590. The average molecular weight is 189 g/mol. The van der Waals surface area contributed by atoms with Crippen LogP contribution in [0.2, 0.25) is 0 Å². The van der Waals surface area contributed by atoms with E-state index in [-0.39, 0.29) is 5.91 Å². The molecule has 0 radical (unpaired) electrons. The third-order valence-corrected chi connectivity index (χ3v) is 2.86. The summed E-state index contributed by atoms with van der Waals surface area (Å²) in [4.78, 5) is 14.6. The molecule has 60 valence electrons. The number of rotatable bonds is 3. The lowest BCUT2D eigenvalue weighted by atomic mass is 10.8. The molecule has 11 heavy (non-hydrogen) atoms. The minimum atomic E-state index is -0.190. The Kier molecular flexibility index (Phi) is 3.34. The van der Waals surface area contributed by atoms with E-state index in [9.17, 15) is 4.79 Å². The first-order valence-corrected chi connectivity index (χ1v) is 4.71. The molecule has 1 aromatic rings. The summed E-state index contributed by atoms with van der Waals surface area (Å²) in [5.41, 5.74) is 2.04. The zero-order chi connectivity index (χ0) is 8.10. The van der Waals surface area contributed by atoms with Gasteiger partial charge in [-0.05, 0) is 0 Å². The highest BCUT2D eigenvalue weighted by molar-refractivity contribution is 8.01. The maximum absolute atomic E-state index is 10.6. The van der Waals surface area contributed by atoms with Crippen molar-refractivity contribution >= 4 is 29.0 Å². The number of nitrogens with two attached hydrogens (primary N) is 1. The van der Waals surface area contributed by atoms with Crippen LogP contribution in [0.25, 0.3) is 0 Å². The zero-order valence-electron chi connectivity index (χ0n) is 5.61. The van der Waals surface area contributed by atoms with E-state index in [2.05, 4.69) is 4.98 Å². The second kappa shape index (κ2) is 4.32. The first-order valence-electron chi connectivity index (χ1n) is 2.84. The van der Waals surface area contributed by atoms with Crippen molar-refractivity contribution in [3.63, 3.8) is 0 Å². The number of nitrogens with one attached hydrogen (secondary N) is 1. The highest BCUT2D eigenvalue weighted by atomic mass is 32.2. The molecule has 0 bridgehead atoms. The summed E-state index contributed by atoms with van der Waals surface area (Å²) in [5.74, 6) is 5.02. The first-order chi connectivity index (χ1) is 5.33. The molecular weight excluding hydrogens is 182 g/mol. The van der Waals surface area contributed by atoms with Gasteiger partial charge in [0.2, 0.25) is 5.91 Å². The fourth-order valence-electron chi connectivity index (χ4n) is 0.451. The number of carbonyl (C=O) groups excluding carboxylic acids is 1. The van der Waals surface area contributed by atoms with Gasteiger partial charge in [0.05, 0.1) is 5.75 Å². The van der Waals surface area contributed by atoms with Crippen LogP contribution in [-0.4, -0.2) is 16.6 Å². The van der Waals surface area contributed by atoms with Crippen molar-refractivity contribution in [3.05, 3.63) is 11.6 Å². The van der Waals surface area contributed by atoms with Crippen molar-refractivity contribution in [2.75, 3.05) is 5.75 Å². The van der Waals surface area contributed by atoms with Crippen molar-refractivity contribution in [2.45, 2.75) is 4.34 Å². The Labute approximate surface area is 72.2 Å². The minimum absolute atomic E-state index is 0.190. The van der Waals surface area contributed by atoms with E-state index in [1.54, 1.807) is 6.20 Å². The molecule has 0 atom stereocenters. The predicted molar refractivity (Wildman–Crippen MR) is 45.2 cm³/mol. The average Bonchev–Trinajstić information content (AvgIpc) is 2.52. The van der Waals surface area contributed by atoms with Crippen molar-refractivity contribution in [1.29, 1.82) is 0 Å². The molecule has 0 unspecified atom stereocenters. The molecule has 0 aromatic carbocycles. The molecular formula is C5H7N3OS2. The molecule has 0 aliphatic heterocycles. The van der Waals surface area contributed by atoms with E-state index in [1.165, 1.54) is 23.1 Å². The van der Waals surface area contributed by atoms with Crippen LogP contribution < -0.4 is 11.3 Å². The van der Waals surface area contributed by atoms with Gasteiger partial charge in [-0.25, -0.2) is 10.8 Å². The van der Waals surface area contributed by atoms with Gasteiger partial charge in [0, 0.05) is 11.6 Å². The van der Waals surface area contributed by atoms with Gasteiger partial charge in [0.15, 0.2) is 0 Å². The summed E-state index contributed by atoms with van der Waals surface area (Å²) < 4.78 is 0.883. The maximum Gasteiger partial charge on any atom is 0.244 e. The van der Waals surface area contributed by atoms with Gasteiger partial charge < -0.3 is 0 Å². The maximum atomic E-state index is 10.6. The third kappa shape index (κ3) is 2.87. The number of hydrogen-bond donors (Lipinski definition) is 2. The Morgan fingerprint density at radius 2 is 2.73 bits per heavy atom. The van der Waals surface area contributed by atoms with Crippen LogP contribution in [0.1, 0.15) is 0 Å². The van der Waals surface area contributed by atoms with Crippen LogP contribution in [0.15, 0.2) is 15.9 Å². The second-order valence-corrected chi connectivity index (χ2v) is 3.77. The monoisotopic (exact) mass is 189 g/mol. The number of nitrogens with zero attached hydrogens (tertiary/aromatic N) is 1. The highest BCUT2D eigenvalue weighted by Gasteiger charge is 2.00. The van der Waals surface area contributed by atoms with Crippen LogP contribution in [-0.2, 0) is 4.79 Å². The molecule has 1 amide bonds. The molecule has 1 rings (SSSR count). The first kappa shape index (κ1) is 8.51. The second-order valence-electron chi connectivity index (χ2n) is 1.65. The van der Waals surface area contributed by atoms with E-state index >= 15 is 0 Å². The van der Waals surface area contributed by atoms with Gasteiger partial charge >= 0.3 is 0 Å². The van der Waals surface area contributed by atoms with Gasteiger partial charge in [-0.15, -0.1) is 11.3 Å². The zero-order valence-corrected chi connectivity index (χ0v) is 7.24. The van der Waals surface area contributed by atoms with Crippen LogP contribution in [0, 0.1) is 0 Å². The number of amides is 1. The Balaban J connectivity index is 2.29. The number of aromatic nitrogens is 1. The molecule has 0 spiro atoms. The lowest BCUT2D eigenvalue weighted by Crippen LogP contribution is -2.31. The van der Waals surface area contributed by atoms with Crippen LogP contribution in [0.3, 0.4) is 0 Å². The van der Waals surface area contributed by atoms with Gasteiger partial charge in [-0.3, -0.25) is 10.2 Å². The van der Waals surface area contributed by atoms with Crippen LogP contribution >= 0.6 is 23.1 Å². The van der Waals surface area contributed by atoms with E-state index < -0.39 is 0 Å². The summed E-state index contributed by atoms with van der Waals surface area (Å²) in [6.07, 6.45) is 1.70. The van der Waals surface area contributed by atoms with Gasteiger partial charge in [-0.1, -0.05) is 11.8 Å². The fraction of sp³-hybridized carbons (Fsp3) is 0.200. The lowest BCUT2D eigenvalue weighted by Gasteiger charge is -1.94. The standard InChI is InChI=1S/C5H7N3OS2/c6-8-4(9)3-11-5-7-1-2-10-5/h1-2H,3,6H2,(H,8,9). The number of carbonyl (C=O) groups is 1. The molecule has 3 N–H and O–H groups in total. The van der Waals surface area contributed by atoms with E-state index in [4.69, 9.17) is 5.84 Å². The molecule has 0 saturated heterocycles. The van der Waals surface area contributed by atoms with Crippen LogP contribution in [0.4, 0.5) is 0 Å². The molecule has 6 heteroatoms. The summed E-state index contributed by atoms with van der Waals surface area (Å²) in [6, 6.07) is 0. The summed E-state index contributed by atoms with van der Waals surface area (Å²) in [7, 11) is 0. The molecule has 4 nitrogen and oxygen atoms in total. The summed E-state index contributed by atoms with van der Waals surface area (Å²) >= 11 is 2.88. The summed E-state index contributed by atoms with van der Waals surface area (Å²) in [5, 5.41) is 1.86. The fourth-order valence-corrected chi connectivity index (χ4v) is 1.90. The molecule has 0 fully saturated rings.